The molecule has 0 aromatic rings. The number of carboxylic acids is 1. The summed E-state index contributed by atoms with van der Waals surface area (Å²) in [6.45, 7) is 7.40. The van der Waals surface area contributed by atoms with Gasteiger partial charge in [0.15, 0.2) is 0 Å². The summed E-state index contributed by atoms with van der Waals surface area (Å²) in [5, 5.41) is 11.7. The molecule has 5 nitrogen and oxygen atoms in total. The Bertz CT molecular complexity index is 327. The van der Waals surface area contributed by atoms with Gasteiger partial charge >= 0.3 is 12.0 Å². The maximum atomic E-state index is 12.1. The maximum absolute atomic E-state index is 12.1. The number of carbonyl (C=O) groups is 2. The molecule has 1 rings (SSSR count). The minimum Gasteiger partial charge on any atom is -0.481 e. The molecular weight excluding hydrogens is 256 g/mol. The van der Waals surface area contributed by atoms with Crippen molar-refractivity contribution in [1.82, 2.24) is 10.2 Å². The number of hydrogen-bond acceptors (Lipinski definition) is 2. The van der Waals surface area contributed by atoms with Gasteiger partial charge < -0.3 is 15.3 Å². The third-order valence-electron chi connectivity index (χ3n) is 3.71. The van der Waals surface area contributed by atoms with E-state index in [0.717, 1.165) is 25.8 Å². The first kappa shape index (κ1) is 16.8. The van der Waals surface area contributed by atoms with Crippen molar-refractivity contribution >= 4 is 12.0 Å². The molecule has 1 aliphatic carbocycles. The fourth-order valence-corrected chi connectivity index (χ4v) is 2.06. The van der Waals surface area contributed by atoms with Crippen LogP contribution in [0.3, 0.4) is 0 Å². The van der Waals surface area contributed by atoms with Gasteiger partial charge in [0.1, 0.15) is 0 Å². The normalized spacial score (nSPS) is 16.0. The molecule has 0 radical (unpaired) electrons. The number of carbonyl (C=O) groups excluding carboxylic acids is 1. The Labute approximate surface area is 121 Å². The molecule has 2 N–H and O–H groups in total. The van der Waals surface area contributed by atoms with Gasteiger partial charge in [-0.05, 0) is 38.0 Å². The summed E-state index contributed by atoms with van der Waals surface area (Å²) in [5.74, 6) is -0.513. The third kappa shape index (κ3) is 6.26. The van der Waals surface area contributed by atoms with Gasteiger partial charge in [0.05, 0.1) is 5.92 Å². The van der Waals surface area contributed by atoms with Gasteiger partial charge in [-0.25, -0.2) is 4.79 Å². The second-order valence-corrected chi connectivity index (χ2v) is 6.22. The first-order chi connectivity index (χ1) is 9.41. The molecule has 1 aliphatic rings. The van der Waals surface area contributed by atoms with Gasteiger partial charge in [-0.3, -0.25) is 4.79 Å². The summed E-state index contributed by atoms with van der Waals surface area (Å²) in [6, 6.07) is 0.433. The molecule has 2 amide bonds. The number of nitrogens with one attached hydrogen (secondary N) is 1. The van der Waals surface area contributed by atoms with E-state index >= 15 is 0 Å². The fourth-order valence-electron chi connectivity index (χ4n) is 2.06. The van der Waals surface area contributed by atoms with E-state index < -0.39 is 5.97 Å². The summed E-state index contributed by atoms with van der Waals surface area (Å²) >= 11 is 0. The number of aliphatic carboxylic acids is 1. The molecule has 0 bridgehead atoms. The average molecular weight is 284 g/mol. The topological polar surface area (TPSA) is 69.6 Å². The van der Waals surface area contributed by atoms with E-state index in [-0.39, 0.29) is 11.9 Å². The first-order valence-corrected chi connectivity index (χ1v) is 7.69. The van der Waals surface area contributed by atoms with E-state index in [1.807, 2.05) is 4.90 Å². The van der Waals surface area contributed by atoms with E-state index in [4.69, 9.17) is 5.11 Å². The zero-order valence-corrected chi connectivity index (χ0v) is 12.9. The molecule has 1 fully saturated rings. The van der Waals surface area contributed by atoms with Gasteiger partial charge in [-0.2, -0.15) is 0 Å². The summed E-state index contributed by atoms with van der Waals surface area (Å²) in [6.07, 6.45) is 4.57. The van der Waals surface area contributed by atoms with Crippen LogP contribution in [-0.4, -0.2) is 41.1 Å². The van der Waals surface area contributed by atoms with Crippen LogP contribution in [-0.2, 0) is 4.79 Å². The van der Waals surface area contributed by atoms with E-state index in [9.17, 15) is 9.59 Å². The number of hydrogen-bond donors (Lipinski definition) is 2. The standard InChI is InChI=1S/C15H28N2O3/c1-11(2)8-10-17(13-6-7-13)15(20)16-9-4-5-12(3)14(18)19/h11-13H,4-10H2,1-3H3,(H,16,20)(H,18,19). The number of amides is 2. The van der Waals surface area contributed by atoms with Gasteiger partial charge in [-0.15, -0.1) is 0 Å². The largest absolute Gasteiger partial charge is 0.481 e. The van der Waals surface area contributed by atoms with Crippen LogP contribution in [0, 0.1) is 11.8 Å². The molecule has 1 saturated carbocycles. The number of carboxylic acid groups (broad SMARTS) is 1. The minimum atomic E-state index is -0.770. The smallest absolute Gasteiger partial charge is 0.317 e. The molecule has 0 spiro atoms. The number of urea groups is 1. The van der Waals surface area contributed by atoms with E-state index in [1.165, 1.54) is 0 Å². The number of nitrogens with zero attached hydrogens (tertiary/aromatic N) is 1. The van der Waals surface area contributed by atoms with Gasteiger partial charge in [0.2, 0.25) is 0 Å². The van der Waals surface area contributed by atoms with Crippen molar-refractivity contribution < 1.29 is 14.7 Å². The molecule has 20 heavy (non-hydrogen) atoms. The highest BCUT2D eigenvalue weighted by Gasteiger charge is 2.32. The Morgan fingerprint density at radius 2 is 1.90 bits per heavy atom. The molecule has 1 atom stereocenters. The molecule has 0 heterocycles. The molecule has 116 valence electrons. The highest BCUT2D eigenvalue weighted by atomic mass is 16.4. The average Bonchev–Trinajstić information content (AvgIpc) is 3.18. The van der Waals surface area contributed by atoms with Crippen LogP contribution in [0.5, 0.6) is 0 Å². The van der Waals surface area contributed by atoms with Crippen LogP contribution in [0.4, 0.5) is 4.79 Å². The summed E-state index contributed by atoms with van der Waals surface area (Å²) in [4.78, 5) is 24.7. The van der Waals surface area contributed by atoms with Crippen LogP contribution >= 0.6 is 0 Å². The van der Waals surface area contributed by atoms with E-state index in [0.29, 0.717) is 31.3 Å². The number of rotatable bonds is 9. The van der Waals surface area contributed by atoms with Crippen molar-refractivity contribution in [3.05, 3.63) is 0 Å². The van der Waals surface area contributed by atoms with Gasteiger partial charge in [0.25, 0.3) is 0 Å². The van der Waals surface area contributed by atoms with Crippen LogP contribution in [0.25, 0.3) is 0 Å². The van der Waals surface area contributed by atoms with Crippen molar-refractivity contribution in [1.29, 1.82) is 0 Å². The van der Waals surface area contributed by atoms with E-state index in [2.05, 4.69) is 19.2 Å². The minimum absolute atomic E-state index is 0.0103. The van der Waals surface area contributed by atoms with Crippen molar-refractivity contribution in [3.8, 4) is 0 Å². The molecule has 0 aliphatic heterocycles. The zero-order valence-electron chi connectivity index (χ0n) is 12.9. The zero-order chi connectivity index (χ0) is 15.1. The van der Waals surface area contributed by atoms with Crippen molar-refractivity contribution in [2.45, 2.75) is 58.9 Å². The van der Waals surface area contributed by atoms with Crippen molar-refractivity contribution in [3.63, 3.8) is 0 Å². The van der Waals surface area contributed by atoms with E-state index in [1.54, 1.807) is 6.92 Å². The molecular formula is C15H28N2O3. The lowest BCUT2D eigenvalue weighted by Crippen LogP contribution is -2.42. The molecule has 0 aromatic carbocycles. The van der Waals surface area contributed by atoms with Gasteiger partial charge in [-0.1, -0.05) is 20.8 Å². The van der Waals surface area contributed by atoms with Crippen molar-refractivity contribution in [2.24, 2.45) is 11.8 Å². The summed E-state index contributed by atoms with van der Waals surface area (Å²) in [7, 11) is 0. The third-order valence-corrected chi connectivity index (χ3v) is 3.71. The summed E-state index contributed by atoms with van der Waals surface area (Å²) < 4.78 is 0. The Balaban J connectivity index is 2.23. The molecule has 1 unspecified atom stereocenters. The quantitative estimate of drug-likeness (QED) is 0.640. The van der Waals surface area contributed by atoms with Crippen molar-refractivity contribution in [2.75, 3.05) is 13.1 Å². The molecule has 5 heteroatoms. The fraction of sp³-hybridized carbons (Fsp3) is 0.867. The van der Waals surface area contributed by atoms with Crippen LogP contribution in [0.1, 0.15) is 52.9 Å². The van der Waals surface area contributed by atoms with Crippen LogP contribution < -0.4 is 5.32 Å². The van der Waals surface area contributed by atoms with Crippen LogP contribution in [0.15, 0.2) is 0 Å². The Morgan fingerprint density at radius 1 is 1.25 bits per heavy atom. The lowest BCUT2D eigenvalue weighted by Gasteiger charge is -2.23. The SMILES string of the molecule is CC(C)CCN(C(=O)NCCCC(C)C(=O)O)C1CC1. The molecule has 0 aromatic heterocycles. The highest BCUT2D eigenvalue weighted by Crippen LogP contribution is 2.27. The Morgan fingerprint density at radius 3 is 2.40 bits per heavy atom. The lowest BCUT2D eigenvalue weighted by atomic mass is 10.1. The summed E-state index contributed by atoms with van der Waals surface area (Å²) in [5.41, 5.74) is 0. The van der Waals surface area contributed by atoms with Gasteiger partial charge in [0, 0.05) is 19.1 Å². The molecule has 0 saturated heterocycles. The monoisotopic (exact) mass is 284 g/mol. The Kier molecular flexibility index (Phi) is 6.82. The first-order valence-electron chi connectivity index (χ1n) is 7.69. The Hall–Kier alpha value is -1.26. The second kappa shape index (κ2) is 8.12. The maximum Gasteiger partial charge on any atom is 0.317 e. The predicted molar refractivity (Wildman–Crippen MR) is 78.6 cm³/mol. The highest BCUT2D eigenvalue weighted by molar-refractivity contribution is 5.74. The van der Waals surface area contributed by atoms with Crippen LogP contribution in [0.2, 0.25) is 0 Å². The lowest BCUT2D eigenvalue weighted by molar-refractivity contribution is -0.141. The predicted octanol–water partition coefficient (Wildman–Crippen LogP) is 2.71. The second-order valence-electron chi connectivity index (χ2n) is 6.22.